The average Bonchev–Trinajstić information content (AvgIpc) is 3.29. The number of rotatable bonds is 7. The number of nitrogens with one attached hydrogen (secondary N) is 3. The molecule has 2 amide bonds. The fraction of sp³-hybridized carbons (Fsp3) is 0.296. The van der Waals surface area contributed by atoms with E-state index in [1.807, 2.05) is 38.1 Å². The van der Waals surface area contributed by atoms with Crippen molar-refractivity contribution in [2.75, 3.05) is 13.7 Å². The maximum atomic E-state index is 12.1. The number of pyridine rings is 1. The van der Waals surface area contributed by atoms with Crippen LogP contribution in [-0.4, -0.2) is 40.7 Å². The molecule has 0 spiro atoms. The van der Waals surface area contributed by atoms with Crippen LogP contribution in [0, 0.1) is 0 Å². The van der Waals surface area contributed by atoms with Crippen LogP contribution in [0.2, 0.25) is 0 Å². The Morgan fingerprint density at radius 3 is 2.44 bits per heavy atom. The topological polar surface area (TPSA) is 91.9 Å². The molecule has 7 heteroatoms. The molecule has 3 N–H and O–H groups in total. The Balaban J connectivity index is 1.73. The van der Waals surface area contributed by atoms with Crippen LogP contribution in [0.1, 0.15) is 33.5 Å². The second-order valence-electron chi connectivity index (χ2n) is 9.34. The summed E-state index contributed by atoms with van der Waals surface area (Å²) in [7, 11) is 1.67. The molecule has 4 rings (SSSR count). The molecular formula is C27H31N5O2. The maximum absolute atomic E-state index is 12.1. The van der Waals surface area contributed by atoms with Crippen LogP contribution in [-0.2, 0) is 5.41 Å². The molecule has 0 radical (unpaired) electrons. The molecular weight excluding hydrogens is 426 g/mol. The molecule has 0 saturated carbocycles. The maximum Gasteiger partial charge on any atom is 0.315 e. The molecule has 34 heavy (non-hydrogen) atoms. The molecule has 0 aliphatic rings. The lowest BCUT2D eigenvalue weighted by atomic mass is 9.92. The minimum Gasteiger partial charge on any atom is -0.497 e. The van der Waals surface area contributed by atoms with E-state index < -0.39 is 5.41 Å². The third kappa shape index (κ3) is 5.03. The smallest absolute Gasteiger partial charge is 0.315 e. The van der Waals surface area contributed by atoms with Gasteiger partial charge >= 0.3 is 6.03 Å². The van der Waals surface area contributed by atoms with E-state index in [4.69, 9.17) is 9.72 Å². The molecule has 0 fully saturated rings. The highest BCUT2D eigenvalue weighted by Gasteiger charge is 2.28. The number of fused-ring (bicyclic) bond motifs is 1. The van der Waals surface area contributed by atoms with Gasteiger partial charge in [0.25, 0.3) is 0 Å². The first-order valence-corrected chi connectivity index (χ1v) is 11.4. The number of imidazole rings is 1. The van der Waals surface area contributed by atoms with Crippen LogP contribution < -0.4 is 15.4 Å². The first kappa shape index (κ1) is 23.3. The van der Waals surface area contributed by atoms with Crippen molar-refractivity contribution >= 4 is 16.8 Å². The second-order valence-corrected chi connectivity index (χ2v) is 9.34. The Hall–Kier alpha value is -3.87. The summed E-state index contributed by atoms with van der Waals surface area (Å²) < 4.78 is 5.36. The van der Waals surface area contributed by atoms with E-state index in [1.165, 1.54) is 0 Å². The molecule has 176 valence electrons. The fourth-order valence-corrected chi connectivity index (χ4v) is 3.83. The normalized spacial score (nSPS) is 11.6. The molecule has 0 unspecified atom stereocenters. The van der Waals surface area contributed by atoms with E-state index in [1.54, 1.807) is 19.5 Å². The summed E-state index contributed by atoms with van der Waals surface area (Å²) in [4.78, 5) is 24.9. The Morgan fingerprint density at radius 2 is 1.74 bits per heavy atom. The number of amides is 2. The zero-order chi connectivity index (χ0) is 24.3. The lowest BCUT2D eigenvalue weighted by Crippen LogP contribution is -2.44. The third-order valence-electron chi connectivity index (χ3n) is 5.75. The quantitative estimate of drug-likeness (QED) is 0.352. The highest BCUT2D eigenvalue weighted by molar-refractivity contribution is 5.90. The number of nitrogens with zero attached hydrogens (tertiary/aromatic N) is 2. The lowest BCUT2D eigenvalue weighted by Gasteiger charge is -2.23. The van der Waals surface area contributed by atoms with Crippen molar-refractivity contribution in [2.24, 2.45) is 0 Å². The minimum atomic E-state index is -0.418. The van der Waals surface area contributed by atoms with Crippen LogP contribution in [0.25, 0.3) is 33.3 Å². The highest BCUT2D eigenvalue weighted by atomic mass is 16.5. The summed E-state index contributed by atoms with van der Waals surface area (Å²) in [6, 6.07) is 16.2. The summed E-state index contributed by atoms with van der Waals surface area (Å²) in [5, 5.41) is 8.04. The Labute approximate surface area is 200 Å². The standard InChI is InChI=1S/C27H31N5O2/c1-17(2)30-26(33)29-16-27(3,4)25-31-23(18-10-12-28-13-11-18)24(32-25)21-7-6-20-15-22(34-5)9-8-19(20)14-21/h6-15,17H,16H2,1-5H3,(H,31,32)(H2,29,30,33). The number of H-pyrrole nitrogens is 1. The molecule has 2 aromatic heterocycles. The van der Waals surface area contributed by atoms with Crippen molar-refractivity contribution in [1.29, 1.82) is 0 Å². The molecule has 0 saturated heterocycles. The predicted molar refractivity (Wildman–Crippen MR) is 136 cm³/mol. The van der Waals surface area contributed by atoms with Crippen molar-refractivity contribution in [2.45, 2.75) is 39.2 Å². The van der Waals surface area contributed by atoms with Gasteiger partial charge in [0.2, 0.25) is 0 Å². The number of carbonyl (C=O) groups excluding carboxylic acids is 1. The highest BCUT2D eigenvalue weighted by Crippen LogP contribution is 2.35. The van der Waals surface area contributed by atoms with Crippen LogP contribution in [0.3, 0.4) is 0 Å². The summed E-state index contributed by atoms with van der Waals surface area (Å²) >= 11 is 0. The largest absolute Gasteiger partial charge is 0.497 e. The van der Waals surface area contributed by atoms with E-state index in [0.717, 1.165) is 44.9 Å². The van der Waals surface area contributed by atoms with Crippen LogP contribution in [0.4, 0.5) is 4.79 Å². The lowest BCUT2D eigenvalue weighted by molar-refractivity contribution is 0.236. The van der Waals surface area contributed by atoms with Crippen LogP contribution in [0.5, 0.6) is 5.75 Å². The van der Waals surface area contributed by atoms with Crippen LogP contribution in [0.15, 0.2) is 60.9 Å². The van der Waals surface area contributed by atoms with Crippen molar-refractivity contribution in [3.63, 3.8) is 0 Å². The van der Waals surface area contributed by atoms with E-state index in [0.29, 0.717) is 6.54 Å². The van der Waals surface area contributed by atoms with Gasteiger partial charge in [-0.2, -0.15) is 0 Å². The van der Waals surface area contributed by atoms with E-state index >= 15 is 0 Å². The number of urea groups is 1. The molecule has 2 heterocycles. The zero-order valence-electron chi connectivity index (χ0n) is 20.3. The molecule has 4 aromatic rings. The molecule has 7 nitrogen and oxygen atoms in total. The van der Waals surface area contributed by atoms with Gasteiger partial charge in [-0.05, 0) is 55.0 Å². The zero-order valence-corrected chi connectivity index (χ0v) is 20.3. The molecule has 0 bridgehead atoms. The minimum absolute atomic E-state index is 0.0736. The van der Waals surface area contributed by atoms with E-state index in [2.05, 4.69) is 58.7 Å². The van der Waals surface area contributed by atoms with Gasteiger partial charge in [0.05, 0.1) is 18.5 Å². The first-order chi connectivity index (χ1) is 16.3. The number of carbonyl (C=O) groups is 1. The van der Waals surface area contributed by atoms with Gasteiger partial charge in [0, 0.05) is 41.5 Å². The van der Waals surface area contributed by atoms with Gasteiger partial charge < -0.3 is 20.4 Å². The monoisotopic (exact) mass is 457 g/mol. The van der Waals surface area contributed by atoms with Crippen LogP contribution >= 0.6 is 0 Å². The summed E-state index contributed by atoms with van der Waals surface area (Å²) in [6.45, 7) is 8.43. The number of benzene rings is 2. The van der Waals surface area contributed by atoms with Gasteiger partial charge in [0.1, 0.15) is 11.6 Å². The van der Waals surface area contributed by atoms with Gasteiger partial charge in [-0.15, -0.1) is 0 Å². The SMILES string of the molecule is COc1ccc2cc(-c3nc(C(C)(C)CNC(=O)NC(C)C)[nH]c3-c3ccncc3)ccc2c1. The van der Waals surface area contributed by atoms with Crippen molar-refractivity contribution in [1.82, 2.24) is 25.6 Å². The number of aromatic nitrogens is 3. The number of aromatic amines is 1. The van der Waals surface area contributed by atoms with Crippen molar-refractivity contribution < 1.29 is 9.53 Å². The van der Waals surface area contributed by atoms with Crippen molar-refractivity contribution in [3.8, 4) is 28.3 Å². The predicted octanol–water partition coefficient (Wildman–Crippen LogP) is 5.29. The van der Waals surface area contributed by atoms with Gasteiger partial charge in [-0.3, -0.25) is 4.98 Å². The Bertz CT molecular complexity index is 1300. The summed E-state index contributed by atoms with van der Waals surface area (Å²) in [5.74, 6) is 1.63. The van der Waals surface area contributed by atoms with E-state index in [9.17, 15) is 4.79 Å². The van der Waals surface area contributed by atoms with Gasteiger partial charge in [-0.1, -0.05) is 32.0 Å². The number of ether oxygens (including phenoxy) is 1. The third-order valence-corrected chi connectivity index (χ3v) is 5.75. The Morgan fingerprint density at radius 1 is 1.03 bits per heavy atom. The average molecular weight is 458 g/mol. The number of methoxy groups -OCH3 is 1. The summed E-state index contributed by atoms with van der Waals surface area (Å²) in [5.41, 5.74) is 3.37. The molecule has 2 aromatic carbocycles. The van der Waals surface area contributed by atoms with E-state index in [-0.39, 0.29) is 12.1 Å². The van der Waals surface area contributed by atoms with Gasteiger partial charge in [0.15, 0.2) is 0 Å². The number of hydrogen-bond acceptors (Lipinski definition) is 4. The van der Waals surface area contributed by atoms with Gasteiger partial charge in [-0.25, -0.2) is 9.78 Å². The molecule has 0 aliphatic carbocycles. The number of hydrogen-bond donors (Lipinski definition) is 3. The second kappa shape index (κ2) is 9.55. The summed E-state index contributed by atoms with van der Waals surface area (Å²) in [6.07, 6.45) is 3.55. The first-order valence-electron chi connectivity index (χ1n) is 11.4. The van der Waals surface area contributed by atoms with Crippen molar-refractivity contribution in [3.05, 3.63) is 66.7 Å². The fourth-order valence-electron chi connectivity index (χ4n) is 3.83. The molecule has 0 atom stereocenters. The Kier molecular flexibility index (Phi) is 6.54. The molecule has 0 aliphatic heterocycles.